The lowest BCUT2D eigenvalue weighted by Crippen LogP contribution is -2.56. The average molecular weight is 516 g/mol. The highest BCUT2D eigenvalue weighted by Gasteiger charge is 2.75. The Balaban J connectivity index is 0. The third-order valence-electron chi connectivity index (χ3n) is 4.05. The maximum absolute atomic E-state index is 13.4. The predicted molar refractivity (Wildman–Crippen MR) is 92.2 cm³/mol. The van der Waals surface area contributed by atoms with E-state index in [0.717, 1.165) is 25.9 Å². The molecule has 198 valence electrons. The van der Waals surface area contributed by atoms with Crippen LogP contribution in [0.25, 0.3) is 0 Å². The molecule has 1 unspecified atom stereocenters. The molecule has 0 spiro atoms. The monoisotopic (exact) mass is 516 g/mol. The van der Waals surface area contributed by atoms with E-state index in [1.165, 1.54) is 0 Å². The maximum Gasteiger partial charge on any atom is 0.431 e. The second-order valence-electron chi connectivity index (χ2n) is 7.24. The summed E-state index contributed by atoms with van der Waals surface area (Å²) in [7, 11) is 4.03. The van der Waals surface area contributed by atoms with Crippen LogP contribution in [0.15, 0.2) is 0 Å². The molecular formula is C17H24F12N2O2. The molecule has 0 saturated heterocycles. The second-order valence-corrected chi connectivity index (χ2v) is 7.24. The molecule has 1 N–H and O–H groups in total. The highest BCUT2D eigenvalue weighted by Crippen LogP contribution is 2.53. The van der Waals surface area contributed by atoms with Crippen molar-refractivity contribution >= 4 is 12.7 Å². The molecule has 0 aromatic heterocycles. The van der Waals surface area contributed by atoms with Crippen molar-refractivity contribution in [3.63, 3.8) is 0 Å². The Morgan fingerprint density at radius 1 is 0.848 bits per heavy atom. The van der Waals surface area contributed by atoms with Crippen LogP contribution in [0, 0.1) is 5.92 Å². The first-order chi connectivity index (χ1) is 14.6. The second kappa shape index (κ2) is 13.2. The smallest absolute Gasteiger partial charge is 0.359 e. The number of carbonyl (C=O) groups excluding carboxylic acids is 2. The summed E-state index contributed by atoms with van der Waals surface area (Å²) >= 11 is 0. The molecule has 1 atom stereocenters. The fourth-order valence-corrected chi connectivity index (χ4v) is 2.36. The molecule has 0 fully saturated rings. The molecule has 16 heteroatoms. The molecule has 0 aromatic rings. The minimum Gasteiger partial charge on any atom is -0.359 e. The van der Waals surface area contributed by atoms with E-state index in [4.69, 9.17) is 0 Å². The van der Waals surface area contributed by atoms with Gasteiger partial charge in [-0.25, -0.2) is 13.2 Å². The number of carbonyl (C=O) groups is 2. The van der Waals surface area contributed by atoms with Crippen LogP contribution >= 0.6 is 0 Å². The van der Waals surface area contributed by atoms with E-state index in [0.29, 0.717) is 0 Å². The van der Waals surface area contributed by atoms with Gasteiger partial charge in [0, 0.05) is 19.4 Å². The molecule has 0 aliphatic heterocycles. The van der Waals surface area contributed by atoms with Gasteiger partial charge in [-0.3, -0.25) is 4.79 Å². The maximum atomic E-state index is 13.4. The fourth-order valence-electron chi connectivity index (χ4n) is 2.36. The van der Waals surface area contributed by atoms with Crippen molar-refractivity contribution in [2.75, 3.05) is 27.2 Å². The van der Waals surface area contributed by atoms with Crippen LogP contribution in [-0.2, 0) is 9.59 Å². The van der Waals surface area contributed by atoms with E-state index >= 15 is 0 Å². The van der Waals surface area contributed by atoms with Crippen LogP contribution in [0.3, 0.4) is 0 Å². The van der Waals surface area contributed by atoms with E-state index in [1.54, 1.807) is 0 Å². The Labute approximate surface area is 181 Å². The molecular weight excluding hydrogens is 492 g/mol. The van der Waals surface area contributed by atoms with Gasteiger partial charge in [0.1, 0.15) is 6.29 Å². The lowest BCUT2D eigenvalue weighted by atomic mass is 9.88. The summed E-state index contributed by atoms with van der Waals surface area (Å²) in [4.78, 5) is 21.8. The first-order valence-electron chi connectivity index (χ1n) is 9.17. The summed E-state index contributed by atoms with van der Waals surface area (Å²) in [5.41, 5.74) is -6.37. The summed E-state index contributed by atoms with van der Waals surface area (Å²) in [5, 5.41) is 2.60. The zero-order valence-electron chi connectivity index (χ0n) is 17.5. The third kappa shape index (κ3) is 12.9. The largest absolute Gasteiger partial charge is 0.431 e. The topological polar surface area (TPSA) is 49.4 Å². The number of rotatable bonds is 12. The number of hydrogen-bond donors (Lipinski definition) is 1. The minimum atomic E-state index is -6.80. The van der Waals surface area contributed by atoms with Crippen LogP contribution in [0.2, 0.25) is 0 Å². The summed E-state index contributed by atoms with van der Waals surface area (Å²) in [6.07, 6.45) is -25.6. The quantitative estimate of drug-likeness (QED) is 0.224. The molecule has 33 heavy (non-hydrogen) atoms. The number of halogens is 12. The van der Waals surface area contributed by atoms with Crippen LogP contribution in [0.5, 0.6) is 0 Å². The molecule has 0 aliphatic carbocycles. The number of amides is 1. The molecule has 0 radical (unpaired) electrons. The van der Waals surface area contributed by atoms with Crippen molar-refractivity contribution in [3.8, 4) is 0 Å². The fraction of sp³-hybridized carbons (Fsp3) is 0.882. The highest BCUT2D eigenvalue weighted by molar-refractivity contribution is 5.49. The van der Waals surface area contributed by atoms with Gasteiger partial charge >= 0.3 is 24.2 Å². The molecule has 1 amide bonds. The van der Waals surface area contributed by atoms with E-state index in [2.05, 4.69) is 10.2 Å². The lowest BCUT2D eigenvalue weighted by molar-refractivity contribution is -0.355. The first kappa shape index (κ1) is 33.4. The van der Waals surface area contributed by atoms with Gasteiger partial charge in [-0.05, 0) is 33.5 Å². The summed E-state index contributed by atoms with van der Waals surface area (Å²) in [6.45, 7) is 1.81. The van der Waals surface area contributed by atoms with Crippen LogP contribution in [0.4, 0.5) is 52.7 Å². The van der Waals surface area contributed by atoms with Crippen molar-refractivity contribution in [1.29, 1.82) is 0 Å². The third-order valence-corrected chi connectivity index (χ3v) is 4.05. The normalized spacial score (nSPS) is 14.4. The van der Waals surface area contributed by atoms with Crippen LogP contribution in [-0.4, -0.2) is 74.9 Å². The van der Waals surface area contributed by atoms with Gasteiger partial charge in [0.15, 0.2) is 0 Å². The zero-order chi connectivity index (χ0) is 26.7. The summed E-state index contributed by atoms with van der Waals surface area (Å²) in [6, 6.07) is 0. The summed E-state index contributed by atoms with van der Waals surface area (Å²) in [5.74, 6) is -8.34. The zero-order valence-corrected chi connectivity index (χ0v) is 17.5. The van der Waals surface area contributed by atoms with Gasteiger partial charge in [-0.2, -0.15) is 39.5 Å². The Morgan fingerprint density at radius 3 is 1.67 bits per heavy atom. The Hall–Kier alpha value is -1.74. The van der Waals surface area contributed by atoms with Crippen LogP contribution < -0.4 is 5.32 Å². The van der Waals surface area contributed by atoms with Crippen molar-refractivity contribution in [2.24, 2.45) is 5.92 Å². The number of nitrogens with zero attached hydrogens (tertiary/aromatic N) is 1. The van der Waals surface area contributed by atoms with Crippen molar-refractivity contribution in [3.05, 3.63) is 0 Å². The van der Waals surface area contributed by atoms with Crippen molar-refractivity contribution in [1.82, 2.24) is 10.2 Å². The standard InChI is InChI=1S/C11H10F12O.C6H14N2O/c12-7(13,4-6(2-1-3-24)9(15,16)17)5-8(14,10(18,19)20)11(21,22)23;1-8(2)5-3-4-7-6-9/h3,6H,1-2,4-5H2;6H,3-5H2,1-2H3,(H,7,9). The average Bonchev–Trinajstić information content (AvgIpc) is 2.59. The van der Waals surface area contributed by atoms with Gasteiger partial charge < -0.3 is 15.0 Å². The van der Waals surface area contributed by atoms with Gasteiger partial charge in [-0.15, -0.1) is 0 Å². The first-order valence-corrected chi connectivity index (χ1v) is 9.17. The predicted octanol–water partition coefficient (Wildman–Crippen LogP) is 5.08. The molecule has 4 nitrogen and oxygen atoms in total. The van der Waals surface area contributed by atoms with E-state index in [1.807, 2.05) is 14.1 Å². The summed E-state index contributed by atoms with van der Waals surface area (Å²) < 4.78 is 151. The molecule has 0 rings (SSSR count). The SMILES string of the molecule is CN(C)CCCNC=O.O=CCCC(CC(F)(F)CC(F)(C(F)(F)F)C(F)(F)F)C(F)(F)F. The highest BCUT2D eigenvalue weighted by atomic mass is 19.4. The number of alkyl halides is 12. The van der Waals surface area contributed by atoms with Crippen LogP contribution in [0.1, 0.15) is 32.1 Å². The molecule has 0 heterocycles. The lowest BCUT2D eigenvalue weighted by Gasteiger charge is -2.34. The number of hydrogen-bond acceptors (Lipinski definition) is 3. The van der Waals surface area contributed by atoms with E-state index in [9.17, 15) is 62.3 Å². The van der Waals surface area contributed by atoms with E-state index < -0.39 is 61.7 Å². The number of nitrogens with one attached hydrogen (secondary N) is 1. The van der Waals surface area contributed by atoms with Crippen molar-refractivity contribution in [2.45, 2.75) is 62.2 Å². The van der Waals surface area contributed by atoms with E-state index in [-0.39, 0.29) is 6.29 Å². The minimum absolute atomic E-state index is 0.0955. The Morgan fingerprint density at radius 2 is 1.33 bits per heavy atom. The molecule has 0 aliphatic rings. The Kier molecular flexibility index (Phi) is 13.4. The van der Waals surface area contributed by atoms with Gasteiger partial charge in [0.2, 0.25) is 6.41 Å². The number of aldehydes is 1. The van der Waals surface area contributed by atoms with Crippen molar-refractivity contribution < 1.29 is 62.3 Å². The van der Waals surface area contributed by atoms with Gasteiger partial charge in [0.25, 0.3) is 5.92 Å². The van der Waals surface area contributed by atoms with Gasteiger partial charge in [0.05, 0.1) is 12.3 Å². The van der Waals surface area contributed by atoms with Gasteiger partial charge in [-0.1, -0.05) is 0 Å². The Bertz CT molecular complexity index is 560. The molecule has 0 aromatic carbocycles. The molecule has 0 saturated carbocycles. The molecule has 0 bridgehead atoms.